The highest BCUT2D eigenvalue weighted by atomic mass is 16.9. The molecule has 0 N–H and O–H groups in total. The number of esters is 2. The summed E-state index contributed by atoms with van der Waals surface area (Å²) >= 11 is 0. The minimum atomic E-state index is -0.866. The maximum atomic E-state index is 12.6. The van der Waals surface area contributed by atoms with Crippen molar-refractivity contribution in [3.63, 3.8) is 0 Å². The molecule has 0 aliphatic rings. The first-order valence-corrected chi connectivity index (χ1v) is 8.23. The van der Waals surface area contributed by atoms with E-state index in [2.05, 4.69) is 4.84 Å². The third-order valence-electron chi connectivity index (χ3n) is 3.86. The van der Waals surface area contributed by atoms with E-state index in [-0.39, 0.29) is 23.7 Å². The molecule has 0 saturated heterocycles. The van der Waals surface area contributed by atoms with Crippen LogP contribution < -0.4 is 9.47 Å². The number of fused-ring (bicyclic) bond motifs is 1. The summed E-state index contributed by atoms with van der Waals surface area (Å²) in [5.41, 5.74) is 0.676. The van der Waals surface area contributed by atoms with Crippen LogP contribution in [0.1, 0.15) is 22.8 Å². The molecule has 8 nitrogen and oxygen atoms in total. The van der Waals surface area contributed by atoms with Gasteiger partial charge in [0.05, 0.1) is 0 Å². The molecule has 0 heterocycles. The molecule has 3 aromatic rings. The molecule has 0 atom stereocenters. The number of hydrogen-bond donors (Lipinski definition) is 0. The van der Waals surface area contributed by atoms with Gasteiger partial charge in [0.2, 0.25) is 0 Å². The Balaban J connectivity index is 1.93. The highest BCUT2D eigenvalue weighted by Crippen LogP contribution is 2.30. The molecule has 142 valence electrons. The standard InChI is InChI=1S/C20H15NO7/c1-13(22)27-18-9-5-4-8-17(18)20(23)28-19-11-10-14(12-26-21(24)25)15-6-2-3-7-16(15)19/h2-11H,12H2,1H3. The van der Waals surface area contributed by atoms with Crippen molar-refractivity contribution in [3.05, 3.63) is 81.9 Å². The summed E-state index contributed by atoms with van der Waals surface area (Å²) in [4.78, 5) is 38.8. The maximum absolute atomic E-state index is 12.6. The molecule has 8 heteroatoms. The molecule has 0 bridgehead atoms. The average Bonchev–Trinajstić information content (AvgIpc) is 2.67. The van der Waals surface area contributed by atoms with Crippen molar-refractivity contribution in [2.75, 3.05) is 0 Å². The van der Waals surface area contributed by atoms with Gasteiger partial charge in [-0.05, 0) is 29.1 Å². The molecule has 3 aromatic carbocycles. The van der Waals surface area contributed by atoms with E-state index >= 15 is 0 Å². The van der Waals surface area contributed by atoms with Crippen molar-refractivity contribution < 1.29 is 29.0 Å². The fourth-order valence-electron chi connectivity index (χ4n) is 2.70. The highest BCUT2D eigenvalue weighted by molar-refractivity contribution is 5.98. The molecule has 0 saturated carbocycles. The van der Waals surface area contributed by atoms with E-state index in [0.717, 1.165) is 0 Å². The third-order valence-corrected chi connectivity index (χ3v) is 3.86. The van der Waals surface area contributed by atoms with Gasteiger partial charge in [0.15, 0.2) is 0 Å². The lowest BCUT2D eigenvalue weighted by Gasteiger charge is -2.12. The largest absolute Gasteiger partial charge is 0.426 e. The van der Waals surface area contributed by atoms with Crippen molar-refractivity contribution in [3.8, 4) is 11.5 Å². The van der Waals surface area contributed by atoms with Crippen molar-refractivity contribution in [2.24, 2.45) is 0 Å². The monoisotopic (exact) mass is 381 g/mol. The number of para-hydroxylation sites is 1. The van der Waals surface area contributed by atoms with Gasteiger partial charge in [-0.25, -0.2) is 4.79 Å². The van der Waals surface area contributed by atoms with Crippen LogP contribution in [0.4, 0.5) is 0 Å². The van der Waals surface area contributed by atoms with Gasteiger partial charge in [-0.15, -0.1) is 10.1 Å². The molecule has 0 aliphatic heterocycles. The molecule has 0 unspecified atom stereocenters. The summed E-state index contributed by atoms with van der Waals surface area (Å²) in [6.07, 6.45) is 0. The summed E-state index contributed by atoms with van der Waals surface area (Å²) in [6.45, 7) is 1.01. The molecule has 0 aliphatic carbocycles. The number of benzene rings is 3. The van der Waals surface area contributed by atoms with Crippen molar-refractivity contribution in [1.29, 1.82) is 0 Å². The normalized spacial score (nSPS) is 10.3. The Hall–Kier alpha value is -3.94. The molecular weight excluding hydrogens is 366 g/mol. The lowest BCUT2D eigenvalue weighted by molar-refractivity contribution is -0.762. The van der Waals surface area contributed by atoms with Crippen LogP contribution >= 0.6 is 0 Å². The fraction of sp³-hybridized carbons (Fsp3) is 0.100. The average molecular weight is 381 g/mol. The predicted molar refractivity (Wildman–Crippen MR) is 98.4 cm³/mol. The first-order valence-electron chi connectivity index (χ1n) is 8.23. The van der Waals surface area contributed by atoms with Gasteiger partial charge in [-0.1, -0.05) is 42.5 Å². The van der Waals surface area contributed by atoms with E-state index in [0.29, 0.717) is 16.3 Å². The van der Waals surface area contributed by atoms with E-state index in [4.69, 9.17) is 9.47 Å². The van der Waals surface area contributed by atoms with E-state index in [1.165, 1.54) is 25.1 Å². The van der Waals surface area contributed by atoms with Gasteiger partial charge < -0.3 is 14.3 Å². The fourth-order valence-corrected chi connectivity index (χ4v) is 2.70. The molecule has 28 heavy (non-hydrogen) atoms. The Bertz CT molecular complexity index is 1060. The molecule has 0 aromatic heterocycles. The first kappa shape index (κ1) is 18.8. The van der Waals surface area contributed by atoms with Gasteiger partial charge in [-0.2, -0.15) is 0 Å². The lowest BCUT2D eigenvalue weighted by Crippen LogP contribution is -2.13. The van der Waals surface area contributed by atoms with Crippen molar-refractivity contribution >= 4 is 22.7 Å². The van der Waals surface area contributed by atoms with Crippen LogP contribution in [0.15, 0.2) is 60.7 Å². The minimum absolute atomic E-state index is 0.0975. The van der Waals surface area contributed by atoms with E-state index < -0.39 is 17.0 Å². The Morgan fingerprint density at radius 2 is 1.57 bits per heavy atom. The quantitative estimate of drug-likeness (QED) is 0.277. The summed E-state index contributed by atoms with van der Waals surface area (Å²) in [7, 11) is 0. The topological polar surface area (TPSA) is 105 Å². The Labute approximate surface area is 159 Å². The zero-order valence-electron chi connectivity index (χ0n) is 14.8. The molecule has 0 fully saturated rings. The number of carbonyl (C=O) groups is 2. The first-order chi connectivity index (χ1) is 13.5. The molecule has 0 spiro atoms. The van der Waals surface area contributed by atoms with Crippen molar-refractivity contribution in [2.45, 2.75) is 13.5 Å². The smallest absolute Gasteiger partial charge is 0.347 e. The van der Waals surface area contributed by atoms with Gasteiger partial charge in [0.25, 0.3) is 5.09 Å². The Kier molecular flexibility index (Phi) is 5.50. The summed E-state index contributed by atoms with van der Waals surface area (Å²) in [5.74, 6) is -0.888. The minimum Gasteiger partial charge on any atom is -0.426 e. The second-order valence-corrected chi connectivity index (χ2v) is 5.74. The SMILES string of the molecule is CC(=O)Oc1ccccc1C(=O)Oc1ccc(CO[N+](=O)[O-])c2ccccc12. The van der Waals surface area contributed by atoms with Crippen LogP contribution in [0.3, 0.4) is 0 Å². The second-order valence-electron chi connectivity index (χ2n) is 5.74. The highest BCUT2D eigenvalue weighted by Gasteiger charge is 2.17. The van der Waals surface area contributed by atoms with E-state index in [1.807, 2.05) is 0 Å². The maximum Gasteiger partial charge on any atom is 0.347 e. The molecular formula is C20H15NO7. The van der Waals surface area contributed by atoms with Crippen LogP contribution in [0.5, 0.6) is 11.5 Å². The van der Waals surface area contributed by atoms with Crippen LogP contribution in [0.2, 0.25) is 0 Å². The number of ether oxygens (including phenoxy) is 2. The summed E-state index contributed by atoms with van der Waals surface area (Å²) < 4.78 is 10.6. The second kappa shape index (κ2) is 8.17. The summed E-state index contributed by atoms with van der Waals surface area (Å²) in [6, 6.07) is 16.4. The van der Waals surface area contributed by atoms with E-state index in [9.17, 15) is 19.7 Å². The number of nitrogens with zero attached hydrogens (tertiary/aromatic N) is 1. The van der Waals surface area contributed by atoms with Crippen LogP contribution in [0, 0.1) is 10.1 Å². The Morgan fingerprint density at radius 3 is 2.29 bits per heavy atom. The number of rotatable bonds is 6. The molecule has 0 amide bonds. The van der Waals surface area contributed by atoms with Crippen LogP contribution in [-0.2, 0) is 16.2 Å². The van der Waals surface area contributed by atoms with Gasteiger partial charge in [0.1, 0.15) is 23.7 Å². The lowest BCUT2D eigenvalue weighted by atomic mass is 10.0. The number of hydrogen-bond acceptors (Lipinski definition) is 7. The summed E-state index contributed by atoms with van der Waals surface area (Å²) in [5, 5.41) is 10.8. The van der Waals surface area contributed by atoms with Gasteiger partial charge >= 0.3 is 11.9 Å². The number of carbonyl (C=O) groups excluding carboxylic acids is 2. The van der Waals surface area contributed by atoms with Crippen LogP contribution in [-0.4, -0.2) is 17.0 Å². The van der Waals surface area contributed by atoms with E-state index in [1.54, 1.807) is 42.5 Å². The molecule has 0 radical (unpaired) electrons. The molecule has 3 rings (SSSR count). The van der Waals surface area contributed by atoms with Gasteiger partial charge in [-0.3, -0.25) is 4.79 Å². The van der Waals surface area contributed by atoms with Crippen LogP contribution in [0.25, 0.3) is 10.8 Å². The van der Waals surface area contributed by atoms with Gasteiger partial charge in [0, 0.05) is 12.3 Å². The van der Waals surface area contributed by atoms with Crippen molar-refractivity contribution in [1.82, 2.24) is 0 Å². The zero-order valence-corrected chi connectivity index (χ0v) is 14.8. The third kappa shape index (κ3) is 4.24. The predicted octanol–water partition coefficient (Wildman–Crippen LogP) is 3.69. The zero-order chi connectivity index (χ0) is 20.1. The Morgan fingerprint density at radius 1 is 0.893 bits per heavy atom.